The summed E-state index contributed by atoms with van der Waals surface area (Å²) < 4.78 is 43.8. The van der Waals surface area contributed by atoms with Crippen molar-refractivity contribution in [3.63, 3.8) is 0 Å². The first-order valence-electron chi connectivity index (χ1n) is 8.69. The second-order valence-corrected chi connectivity index (χ2v) is 7.69. The van der Waals surface area contributed by atoms with Gasteiger partial charge in [0, 0.05) is 25.6 Å². The average Bonchev–Trinajstić information content (AvgIpc) is 3.21. The lowest BCUT2D eigenvalue weighted by Crippen LogP contribution is -2.28. The number of carbonyl (C=O) groups excluding carboxylic acids is 2. The lowest BCUT2D eigenvalue weighted by molar-refractivity contribution is -0.138. The van der Waals surface area contributed by atoms with Gasteiger partial charge in [-0.2, -0.15) is 18.3 Å². The maximum atomic E-state index is 14.0. The first kappa shape index (κ1) is 20.6. The monoisotopic (exact) mass is 506 g/mol. The van der Waals surface area contributed by atoms with Crippen LogP contribution in [0, 0.1) is 10.5 Å². The molecule has 1 aromatic heterocycles. The van der Waals surface area contributed by atoms with E-state index in [1.807, 2.05) is 22.6 Å². The van der Waals surface area contributed by atoms with Crippen LogP contribution in [0.3, 0.4) is 0 Å². The highest BCUT2D eigenvalue weighted by atomic mass is 127. The number of halogens is 4. The zero-order valence-corrected chi connectivity index (χ0v) is 17.4. The number of anilines is 2. The van der Waals surface area contributed by atoms with Gasteiger partial charge < -0.3 is 10.2 Å². The number of hydrogen-bond donors (Lipinski definition) is 1. The number of rotatable bonds is 4. The molecule has 0 bridgehead atoms. The standard InChI is InChI=1S/C18H18F3IN4O2/c1-3-14(27)24-12-7-13(26-9-11(22)8-23-26)16(18(19,20)21)10(2)17(12)25-6-4-5-15(25)28/h7-9H,3-6H2,1-2H3,(H,24,27). The van der Waals surface area contributed by atoms with Crippen LogP contribution in [-0.2, 0) is 15.8 Å². The quantitative estimate of drug-likeness (QED) is 0.630. The molecule has 2 heterocycles. The summed E-state index contributed by atoms with van der Waals surface area (Å²) in [6.07, 6.45) is -0.778. The molecule has 150 valence electrons. The van der Waals surface area contributed by atoms with E-state index in [-0.39, 0.29) is 47.3 Å². The van der Waals surface area contributed by atoms with E-state index in [1.165, 1.54) is 30.3 Å². The van der Waals surface area contributed by atoms with E-state index in [4.69, 9.17) is 0 Å². The van der Waals surface area contributed by atoms with Gasteiger partial charge in [0.1, 0.15) is 0 Å². The zero-order chi connectivity index (χ0) is 20.6. The van der Waals surface area contributed by atoms with Crippen LogP contribution in [0.15, 0.2) is 18.5 Å². The zero-order valence-electron chi connectivity index (χ0n) is 15.2. The molecule has 2 amide bonds. The molecule has 0 spiro atoms. The minimum Gasteiger partial charge on any atom is -0.324 e. The van der Waals surface area contributed by atoms with Crippen molar-refractivity contribution in [2.75, 3.05) is 16.8 Å². The molecule has 3 rings (SSSR count). The van der Waals surface area contributed by atoms with Crippen LogP contribution < -0.4 is 10.2 Å². The molecule has 1 aromatic carbocycles. The van der Waals surface area contributed by atoms with Gasteiger partial charge >= 0.3 is 6.18 Å². The molecule has 1 aliphatic rings. The van der Waals surface area contributed by atoms with Crippen LogP contribution in [0.4, 0.5) is 24.5 Å². The van der Waals surface area contributed by atoms with Gasteiger partial charge in [-0.05, 0) is 47.6 Å². The number of hydrogen-bond acceptors (Lipinski definition) is 3. The molecule has 1 saturated heterocycles. The van der Waals surface area contributed by atoms with Gasteiger partial charge in [-0.3, -0.25) is 9.59 Å². The third-order valence-electron chi connectivity index (χ3n) is 4.54. The minimum absolute atomic E-state index is 0.0993. The highest BCUT2D eigenvalue weighted by Gasteiger charge is 2.40. The Bertz CT molecular complexity index is 940. The van der Waals surface area contributed by atoms with E-state index < -0.39 is 11.7 Å². The molecule has 0 aliphatic carbocycles. The highest BCUT2D eigenvalue weighted by molar-refractivity contribution is 14.1. The number of nitrogens with zero attached hydrogens (tertiary/aromatic N) is 3. The first-order valence-corrected chi connectivity index (χ1v) is 9.77. The smallest absolute Gasteiger partial charge is 0.324 e. The summed E-state index contributed by atoms with van der Waals surface area (Å²) in [6.45, 7) is 3.28. The predicted octanol–water partition coefficient (Wildman–Crippen LogP) is 4.28. The van der Waals surface area contributed by atoms with Crippen molar-refractivity contribution in [1.82, 2.24) is 9.78 Å². The Hall–Kier alpha value is -2.11. The second-order valence-electron chi connectivity index (χ2n) is 6.44. The Labute approximate surface area is 173 Å². The number of nitrogens with one attached hydrogen (secondary N) is 1. The molecule has 2 aromatic rings. The van der Waals surface area contributed by atoms with Gasteiger partial charge in [-0.25, -0.2) is 4.68 Å². The van der Waals surface area contributed by atoms with Crippen molar-refractivity contribution in [2.24, 2.45) is 0 Å². The molecule has 0 unspecified atom stereocenters. The largest absolute Gasteiger partial charge is 0.418 e. The predicted molar refractivity (Wildman–Crippen MR) is 107 cm³/mol. The molecular weight excluding hydrogens is 488 g/mol. The third kappa shape index (κ3) is 3.87. The Morgan fingerprint density at radius 3 is 2.61 bits per heavy atom. The van der Waals surface area contributed by atoms with Crippen molar-refractivity contribution in [3.05, 3.63) is 33.2 Å². The number of amides is 2. The van der Waals surface area contributed by atoms with E-state index in [0.29, 0.717) is 16.5 Å². The van der Waals surface area contributed by atoms with Crippen molar-refractivity contribution >= 4 is 45.8 Å². The van der Waals surface area contributed by atoms with Gasteiger partial charge in [-0.15, -0.1) is 0 Å². The number of aromatic nitrogens is 2. The Kier molecular flexibility index (Phi) is 5.69. The molecule has 1 fully saturated rings. The fraction of sp³-hybridized carbons (Fsp3) is 0.389. The van der Waals surface area contributed by atoms with E-state index >= 15 is 0 Å². The number of benzene rings is 1. The number of alkyl halides is 3. The summed E-state index contributed by atoms with van der Waals surface area (Å²) >= 11 is 1.96. The van der Waals surface area contributed by atoms with Crippen molar-refractivity contribution in [1.29, 1.82) is 0 Å². The molecule has 1 N–H and O–H groups in total. The summed E-state index contributed by atoms with van der Waals surface area (Å²) in [7, 11) is 0. The molecule has 0 radical (unpaired) electrons. The van der Waals surface area contributed by atoms with Crippen molar-refractivity contribution in [3.8, 4) is 5.69 Å². The maximum absolute atomic E-state index is 14.0. The van der Waals surface area contributed by atoms with E-state index in [9.17, 15) is 22.8 Å². The van der Waals surface area contributed by atoms with Crippen LogP contribution in [0.25, 0.3) is 5.69 Å². The SMILES string of the molecule is CCC(=O)Nc1cc(-n2cc(I)cn2)c(C(F)(F)F)c(C)c1N1CCCC1=O. The normalized spacial score (nSPS) is 14.6. The summed E-state index contributed by atoms with van der Waals surface area (Å²) in [5, 5.41) is 6.65. The van der Waals surface area contributed by atoms with Gasteiger partial charge in [0.2, 0.25) is 11.8 Å². The van der Waals surface area contributed by atoms with E-state index in [0.717, 1.165) is 4.68 Å². The summed E-state index contributed by atoms with van der Waals surface area (Å²) in [4.78, 5) is 25.6. The summed E-state index contributed by atoms with van der Waals surface area (Å²) in [5.41, 5.74) is -0.918. The van der Waals surface area contributed by atoms with Gasteiger partial charge in [0.15, 0.2) is 0 Å². The minimum atomic E-state index is -4.67. The van der Waals surface area contributed by atoms with Gasteiger partial charge in [0.05, 0.1) is 32.4 Å². The molecule has 1 aliphatic heterocycles. The molecule has 6 nitrogen and oxygen atoms in total. The number of carbonyl (C=O) groups is 2. The molecule has 10 heteroatoms. The second kappa shape index (κ2) is 7.72. The van der Waals surface area contributed by atoms with Gasteiger partial charge in [-0.1, -0.05) is 6.92 Å². The van der Waals surface area contributed by atoms with Crippen LogP contribution in [0.5, 0.6) is 0 Å². The summed E-state index contributed by atoms with van der Waals surface area (Å²) in [6, 6.07) is 1.24. The fourth-order valence-electron chi connectivity index (χ4n) is 3.33. The fourth-order valence-corrected chi connectivity index (χ4v) is 3.72. The maximum Gasteiger partial charge on any atom is 0.418 e. The average molecular weight is 506 g/mol. The van der Waals surface area contributed by atoms with Crippen LogP contribution in [0.1, 0.15) is 37.3 Å². The van der Waals surface area contributed by atoms with Crippen molar-refractivity contribution < 1.29 is 22.8 Å². The van der Waals surface area contributed by atoms with Crippen molar-refractivity contribution in [2.45, 2.75) is 39.3 Å². The Morgan fingerprint density at radius 1 is 1.39 bits per heavy atom. The Balaban J connectivity index is 2.31. The lowest BCUT2D eigenvalue weighted by Gasteiger charge is -2.27. The molecule has 0 atom stereocenters. The molecule has 28 heavy (non-hydrogen) atoms. The first-order chi connectivity index (χ1) is 13.1. The Morgan fingerprint density at radius 2 is 2.11 bits per heavy atom. The van der Waals surface area contributed by atoms with Crippen LogP contribution >= 0.6 is 22.6 Å². The van der Waals surface area contributed by atoms with E-state index in [1.54, 1.807) is 6.92 Å². The van der Waals surface area contributed by atoms with Crippen LogP contribution in [0.2, 0.25) is 0 Å². The highest BCUT2D eigenvalue weighted by Crippen LogP contribution is 2.44. The summed E-state index contributed by atoms with van der Waals surface area (Å²) in [5.74, 6) is -0.613. The molecule has 0 saturated carbocycles. The third-order valence-corrected chi connectivity index (χ3v) is 5.10. The molecular formula is C18H18F3IN4O2. The van der Waals surface area contributed by atoms with Gasteiger partial charge in [0.25, 0.3) is 0 Å². The van der Waals surface area contributed by atoms with Crippen LogP contribution in [-0.4, -0.2) is 28.1 Å². The van der Waals surface area contributed by atoms with E-state index in [2.05, 4.69) is 10.4 Å². The lowest BCUT2D eigenvalue weighted by atomic mass is 10.0. The topological polar surface area (TPSA) is 67.2 Å².